The Morgan fingerprint density at radius 1 is 1.00 bits per heavy atom. The van der Waals surface area contributed by atoms with Gasteiger partial charge in [0.15, 0.2) is 11.5 Å². The Morgan fingerprint density at radius 3 is 2.41 bits per heavy atom. The summed E-state index contributed by atoms with van der Waals surface area (Å²) in [5, 5.41) is 20.0. The van der Waals surface area contributed by atoms with Gasteiger partial charge in [0.2, 0.25) is 0 Å². The van der Waals surface area contributed by atoms with Gasteiger partial charge in [-0.15, -0.1) is 13.2 Å². The summed E-state index contributed by atoms with van der Waals surface area (Å²) in [6.45, 7) is 0. The van der Waals surface area contributed by atoms with E-state index in [1.165, 1.54) is 24.4 Å². The molecule has 0 saturated carbocycles. The van der Waals surface area contributed by atoms with Gasteiger partial charge in [-0.2, -0.15) is 0 Å². The average molecular weight is 422 g/mol. The van der Waals surface area contributed by atoms with Gasteiger partial charge >= 0.3 is 6.36 Å². The number of hydrogen-bond donors (Lipinski definition) is 2. The number of halogens is 4. The molecule has 148 valence electrons. The topological polar surface area (TPSA) is 80.4 Å². The van der Waals surface area contributed by atoms with Gasteiger partial charge in [-0.25, -0.2) is 9.97 Å². The number of phenols is 2. The number of aromatic hydroxyl groups is 2. The number of pyridine rings is 1. The van der Waals surface area contributed by atoms with Crippen LogP contribution in [0.2, 0.25) is 5.02 Å². The monoisotopic (exact) mass is 421 g/mol. The number of phenolic OH excluding ortho intramolecular Hbond substituents is 2. The van der Waals surface area contributed by atoms with Crippen molar-refractivity contribution in [2.24, 2.45) is 0 Å². The van der Waals surface area contributed by atoms with Crippen LogP contribution in [0.15, 0.2) is 54.7 Å². The first-order valence-electron chi connectivity index (χ1n) is 8.14. The Balaban J connectivity index is 1.91. The van der Waals surface area contributed by atoms with Crippen molar-refractivity contribution < 1.29 is 28.1 Å². The van der Waals surface area contributed by atoms with Gasteiger partial charge in [0.1, 0.15) is 22.8 Å². The van der Waals surface area contributed by atoms with Gasteiger partial charge in [-0.3, -0.25) is 4.57 Å². The molecule has 0 amide bonds. The number of aromatic nitrogens is 3. The smallest absolute Gasteiger partial charge is 0.507 e. The van der Waals surface area contributed by atoms with E-state index in [0.29, 0.717) is 16.9 Å². The van der Waals surface area contributed by atoms with E-state index in [1.807, 2.05) is 0 Å². The number of fused-ring (bicyclic) bond motifs is 1. The third kappa shape index (κ3) is 3.64. The maximum atomic E-state index is 12.4. The molecule has 0 aliphatic heterocycles. The largest absolute Gasteiger partial charge is 0.573 e. The minimum Gasteiger partial charge on any atom is -0.507 e. The highest BCUT2D eigenvalue weighted by Crippen LogP contribution is 2.39. The van der Waals surface area contributed by atoms with E-state index in [-0.39, 0.29) is 33.7 Å². The van der Waals surface area contributed by atoms with Crippen molar-refractivity contribution in [1.29, 1.82) is 0 Å². The van der Waals surface area contributed by atoms with Crippen molar-refractivity contribution >= 4 is 22.8 Å². The molecule has 2 heterocycles. The molecule has 4 rings (SSSR count). The molecule has 2 N–H and O–H groups in total. The van der Waals surface area contributed by atoms with Crippen LogP contribution in [-0.4, -0.2) is 31.1 Å². The van der Waals surface area contributed by atoms with E-state index < -0.39 is 6.36 Å². The average Bonchev–Trinajstić information content (AvgIpc) is 3.03. The Labute approximate surface area is 166 Å². The number of rotatable bonds is 3. The molecule has 6 nitrogen and oxygen atoms in total. The summed E-state index contributed by atoms with van der Waals surface area (Å²) in [5.41, 5.74) is 1.54. The van der Waals surface area contributed by atoms with Crippen molar-refractivity contribution in [2.75, 3.05) is 0 Å². The Hall–Kier alpha value is -3.46. The van der Waals surface area contributed by atoms with Crippen LogP contribution in [0.3, 0.4) is 0 Å². The van der Waals surface area contributed by atoms with Gasteiger partial charge in [-0.1, -0.05) is 11.6 Å². The minimum atomic E-state index is -4.80. The summed E-state index contributed by atoms with van der Waals surface area (Å²) < 4.78 is 42.7. The summed E-state index contributed by atoms with van der Waals surface area (Å²) in [6.07, 6.45) is -3.26. The maximum absolute atomic E-state index is 12.4. The van der Waals surface area contributed by atoms with Gasteiger partial charge in [0.25, 0.3) is 0 Å². The van der Waals surface area contributed by atoms with Gasteiger partial charge in [0, 0.05) is 18.0 Å². The standard InChI is InChI=1S/C19H11ClF3N3O3/c20-13-8-12(15(27)9-16(13)28)17-25-14-2-1-7-24-18(14)26(17)10-3-5-11(6-4-10)29-19(21,22)23/h1-9,27-28H. The molecule has 0 saturated heterocycles. The normalized spacial score (nSPS) is 11.7. The molecule has 10 heteroatoms. The third-order valence-corrected chi connectivity index (χ3v) is 4.35. The van der Waals surface area contributed by atoms with E-state index >= 15 is 0 Å². The van der Waals surface area contributed by atoms with Crippen molar-refractivity contribution in [3.63, 3.8) is 0 Å². The van der Waals surface area contributed by atoms with Gasteiger partial charge in [-0.05, 0) is 42.5 Å². The summed E-state index contributed by atoms with van der Waals surface area (Å²) in [4.78, 5) is 8.74. The number of hydrogen-bond acceptors (Lipinski definition) is 5. The fraction of sp³-hybridized carbons (Fsp3) is 0.0526. The van der Waals surface area contributed by atoms with Gasteiger partial charge in [0.05, 0.1) is 10.6 Å². The number of alkyl halides is 3. The predicted octanol–water partition coefficient (Wildman–Crippen LogP) is 5.05. The van der Waals surface area contributed by atoms with E-state index in [1.54, 1.807) is 16.7 Å². The molecule has 0 spiro atoms. The lowest BCUT2D eigenvalue weighted by atomic mass is 10.1. The summed E-state index contributed by atoms with van der Waals surface area (Å²) >= 11 is 5.98. The van der Waals surface area contributed by atoms with Crippen LogP contribution >= 0.6 is 11.6 Å². The SMILES string of the molecule is Oc1cc(O)c(-c2nc3cccnc3n2-c2ccc(OC(F)(F)F)cc2)cc1Cl. The zero-order chi connectivity index (χ0) is 20.8. The molecule has 2 aromatic carbocycles. The van der Waals surface area contributed by atoms with E-state index in [4.69, 9.17) is 11.6 Å². The highest BCUT2D eigenvalue weighted by atomic mass is 35.5. The summed E-state index contributed by atoms with van der Waals surface area (Å²) in [5.74, 6) is -0.721. The highest BCUT2D eigenvalue weighted by Gasteiger charge is 2.31. The van der Waals surface area contributed by atoms with E-state index in [0.717, 1.165) is 18.2 Å². The first-order valence-corrected chi connectivity index (χ1v) is 8.52. The first-order chi connectivity index (χ1) is 13.7. The Morgan fingerprint density at radius 2 is 1.72 bits per heavy atom. The highest BCUT2D eigenvalue weighted by molar-refractivity contribution is 6.32. The van der Waals surface area contributed by atoms with Crippen LogP contribution in [0, 0.1) is 0 Å². The second-order valence-electron chi connectivity index (χ2n) is 5.98. The van der Waals surface area contributed by atoms with E-state index in [9.17, 15) is 23.4 Å². The quantitative estimate of drug-likeness (QED) is 0.484. The molecule has 0 aliphatic rings. The molecule has 0 aliphatic carbocycles. The molecule has 0 radical (unpaired) electrons. The third-order valence-electron chi connectivity index (χ3n) is 4.05. The Bertz CT molecular complexity index is 1210. The zero-order valence-electron chi connectivity index (χ0n) is 14.4. The molecular weight excluding hydrogens is 411 g/mol. The molecule has 0 unspecified atom stereocenters. The van der Waals surface area contributed by atoms with Gasteiger partial charge < -0.3 is 14.9 Å². The molecule has 4 aromatic rings. The van der Waals surface area contributed by atoms with Crippen molar-refractivity contribution in [3.05, 3.63) is 59.8 Å². The fourth-order valence-corrected chi connectivity index (χ4v) is 3.03. The lowest BCUT2D eigenvalue weighted by Gasteiger charge is -2.12. The first kappa shape index (κ1) is 18.9. The maximum Gasteiger partial charge on any atom is 0.573 e. The number of benzene rings is 2. The zero-order valence-corrected chi connectivity index (χ0v) is 15.1. The van der Waals surface area contributed by atoms with Crippen LogP contribution in [-0.2, 0) is 0 Å². The molecule has 29 heavy (non-hydrogen) atoms. The number of ether oxygens (including phenoxy) is 1. The molecule has 0 bridgehead atoms. The molecule has 0 atom stereocenters. The fourth-order valence-electron chi connectivity index (χ4n) is 2.86. The lowest BCUT2D eigenvalue weighted by molar-refractivity contribution is -0.274. The van der Waals surface area contributed by atoms with Crippen molar-refractivity contribution in [3.8, 4) is 34.3 Å². The van der Waals surface area contributed by atoms with Crippen LogP contribution in [0.5, 0.6) is 17.2 Å². The number of nitrogens with zero attached hydrogens (tertiary/aromatic N) is 3. The number of imidazole rings is 1. The summed E-state index contributed by atoms with van der Waals surface area (Å²) in [7, 11) is 0. The molecular formula is C19H11ClF3N3O3. The molecule has 2 aromatic heterocycles. The van der Waals surface area contributed by atoms with Crippen LogP contribution in [0.1, 0.15) is 0 Å². The predicted molar refractivity (Wildman–Crippen MR) is 99.3 cm³/mol. The summed E-state index contributed by atoms with van der Waals surface area (Å²) in [6, 6.07) is 10.9. The Kier molecular flexibility index (Phi) is 4.46. The molecule has 0 fully saturated rings. The van der Waals surface area contributed by atoms with Crippen molar-refractivity contribution in [1.82, 2.24) is 14.5 Å². The van der Waals surface area contributed by atoms with E-state index in [2.05, 4.69) is 14.7 Å². The van der Waals surface area contributed by atoms with Crippen LogP contribution < -0.4 is 4.74 Å². The lowest BCUT2D eigenvalue weighted by Crippen LogP contribution is -2.17. The second kappa shape index (κ2) is 6.85. The second-order valence-corrected chi connectivity index (χ2v) is 6.39. The van der Waals surface area contributed by atoms with Crippen LogP contribution in [0.25, 0.3) is 28.2 Å². The van der Waals surface area contributed by atoms with Crippen LogP contribution in [0.4, 0.5) is 13.2 Å². The van der Waals surface area contributed by atoms with Crippen molar-refractivity contribution in [2.45, 2.75) is 6.36 Å². The minimum absolute atomic E-state index is 0.00158.